The summed E-state index contributed by atoms with van der Waals surface area (Å²) in [7, 11) is 0. The summed E-state index contributed by atoms with van der Waals surface area (Å²) in [4.78, 5) is 11.7. The maximum absolute atomic E-state index is 11.7. The SMILES string of the molecule is CC(C)(C)OC(=O)COC1CCC(OCC2CCCCC2)CC1. The molecule has 0 spiro atoms. The van der Waals surface area contributed by atoms with E-state index < -0.39 is 5.60 Å². The van der Waals surface area contributed by atoms with Gasteiger partial charge in [-0.2, -0.15) is 0 Å². The Balaban J connectivity index is 1.55. The topological polar surface area (TPSA) is 44.8 Å². The van der Waals surface area contributed by atoms with Gasteiger partial charge in [-0.1, -0.05) is 19.3 Å². The molecule has 4 heteroatoms. The van der Waals surface area contributed by atoms with Crippen LogP contribution in [0.3, 0.4) is 0 Å². The second-order valence-corrected chi connectivity index (χ2v) is 8.13. The van der Waals surface area contributed by atoms with E-state index in [0.717, 1.165) is 38.2 Å². The van der Waals surface area contributed by atoms with Gasteiger partial charge in [0.05, 0.1) is 12.2 Å². The fourth-order valence-corrected chi connectivity index (χ4v) is 3.55. The van der Waals surface area contributed by atoms with Gasteiger partial charge in [-0.05, 0) is 65.2 Å². The number of hydrogen-bond acceptors (Lipinski definition) is 4. The van der Waals surface area contributed by atoms with E-state index in [-0.39, 0.29) is 18.7 Å². The van der Waals surface area contributed by atoms with Crippen LogP contribution >= 0.6 is 0 Å². The van der Waals surface area contributed by atoms with E-state index in [9.17, 15) is 4.79 Å². The first-order valence-corrected chi connectivity index (χ1v) is 9.37. The molecule has 2 rings (SSSR count). The van der Waals surface area contributed by atoms with E-state index in [4.69, 9.17) is 14.2 Å². The van der Waals surface area contributed by atoms with E-state index in [0.29, 0.717) is 6.10 Å². The molecule has 0 saturated heterocycles. The Morgan fingerprint density at radius 1 is 0.870 bits per heavy atom. The van der Waals surface area contributed by atoms with E-state index in [2.05, 4.69) is 0 Å². The molecule has 2 saturated carbocycles. The molecular formula is C19H34O4. The van der Waals surface area contributed by atoms with Gasteiger partial charge in [-0.3, -0.25) is 0 Å². The van der Waals surface area contributed by atoms with Crippen molar-refractivity contribution in [2.24, 2.45) is 5.92 Å². The third kappa shape index (κ3) is 7.67. The summed E-state index contributed by atoms with van der Waals surface area (Å²) in [6, 6.07) is 0. The Morgan fingerprint density at radius 2 is 1.43 bits per heavy atom. The van der Waals surface area contributed by atoms with Crippen molar-refractivity contribution >= 4 is 5.97 Å². The maximum Gasteiger partial charge on any atom is 0.332 e. The van der Waals surface area contributed by atoms with Crippen molar-refractivity contribution < 1.29 is 19.0 Å². The second-order valence-electron chi connectivity index (χ2n) is 8.13. The maximum atomic E-state index is 11.7. The highest BCUT2D eigenvalue weighted by atomic mass is 16.6. The molecule has 23 heavy (non-hydrogen) atoms. The first kappa shape index (κ1) is 18.7. The fraction of sp³-hybridized carbons (Fsp3) is 0.947. The molecule has 2 aliphatic rings. The smallest absolute Gasteiger partial charge is 0.332 e. The number of carbonyl (C=O) groups is 1. The van der Waals surface area contributed by atoms with Crippen LogP contribution in [0.1, 0.15) is 78.6 Å². The van der Waals surface area contributed by atoms with Gasteiger partial charge in [-0.15, -0.1) is 0 Å². The van der Waals surface area contributed by atoms with Crippen LogP contribution in [0.4, 0.5) is 0 Å². The number of esters is 1. The van der Waals surface area contributed by atoms with Crippen molar-refractivity contribution in [1.29, 1.82) is 0 Å². The molecule has 0 radical (unpaired) electrons. The monoisotopic (exact) mass is 326 g/mol. The Kier molecular flexibility index (Phi) is 7.35. The third-order valence-electron chi connectivity index (χ3n) is 4.77. The van der Waals surface area contributed by atoms with Gasteiger partial charge in [-0.25, -0.2) is 4.79 Å². The van der Waals surface area contributed by atoms with Crippen molar-refractivity contribution in [3.05, 3.63) is 0 Å². The summed E-state index contributed by atoms with van der Waals surface area (Å²) in [5.74, 6) is 0.512. The van der Waals surface area contributed by atoms with Crippen LogP contribution in [0.2, 0.25) is 0 Å². The molecule has 0 aromatic carbocycles. The molecule has 0 atom stereocenters. The van der Waals surface area contributed by atoms with Gasteiger partial charge >= 0.3 is 5.97 Å². The van der Waals surface area contributed by atoms with Gasteiger partial charge in [0.25, 0.3) is 0 Å². The highest BCUT2D eigenvalue weighted by Gasteiger charge is 2.25. The molecule has 0 aromatic rings. The first-order chi connectivity index (χ1) is 10.9. The summed E-state index contributed by atoms with van der Waals surface area (Å²) in [6.07, 6.45) is 11.5. The average Bonchev–Trinajstić information content (AvgIpc) is 2.51. The minimum atomic E-state index is -0.439. The largest absolute Gasteiger partial charge is 0.458 e. The summed E-state index contributed by atoms with van der Waals surface area (Å²) in [6.45, 7) is 6.63. The van der Waals surface area contributed by atoms with E-state index in [1.807, 2.05) is 20.8 Å². The zero-order chi connectivity index (χ0) is 16.7. The Labute approximate surface area is 141 Å². The van der Waals surface area contributed by atoms with Crippen molar-refractivity contribution in [3.63, 3.8) is 0 Å². The molecule has 0 amide bonds. The van der Waals surface area contributed by atoms with Crippen LogP contribution < -0.4 is 0 Å². The molecule has 0 aromatic heterocycles. The Bertz CT molecular complexity index is 347. The van der Waals surface area contributed by atoms with Crippen LogP contribution in [0, 0.1) is 5.92 Å². The van der Waals surface area contributed by atoms with Gasteiger partial charge < -0.3 is 14.2 Å². The molecule has 0 heterocycles. The third-order valence-corrected chi connectivity index (χ3v) is 4.77. The summed E-state index contributed by atoms with van der Waals surface area (Å²) in [5.41, 5.74) is -0.439. The molecule has 2 fully saturated rings. The Hall–Kier alpha value is -0.610. The van der Waals surface area contributed by atoms with Crippen LogP contribution in [0.25, 0.3) is 0 Å². The molecule has 0 unspecified atom stereocenters. The summed E-state index contributed by atoms with van der Waals surface area (Å²) >= 11 is 0. The van der Waals surface area contributed by atoms with Gasteiger partial charge in [0.15, 0.2) is 0 Å². The van der Waals surface area contributed by atoms with Crippen molar-refractivity contribution in [2.45, 2.75) is 96.4 Å². The van der Waals surface area contributed by atoms with Gasteiger partial charge in [0.1, 0.15) is 12.2 Å². The molecule has 0 N–H and O–H groups in total. The lowest BCUT2D eigenvalue weighted by molar-refractivity contribution is -0.163. The minimum absolute atomic E-state index is 0.0650. The predicted molar refractivity (Wildman–Crippen MR) is 90.4 cm³/mol. The summed E-state index contributed by atoms with van der Waals surface area (Å²) < 4.78 is 17.1. The first-order valence-electron chi connectivity index (χ1n) is 9.37. The van der Waals surface area contributed by atoms with Crippen LogP contribution in [0.15, 0.2) is 0 Å². The normalized spacial score (nSPS) is 26.9. The minimum Gasteiger partial charge on any atom is -0.458 e. The lowest BCUT2D eigenvalue weighted by atomic mass is 9.89. The van der Waals surface area contributed by atoms with Crippen LogP contribution in [-0.2, 0) is 19.0 Å². The van der Waals surface area contributed by atoms with E-state index in [1.54, 1.807) is 0 Å². The van der Waals surface area contributed by atoms with Crippen molar-refractivity contribution in [3.8, 4) is 0 Å². The zero-order valence-electron chi connectivity index (χ0n) is 15.1. The predicted octanol–water partition coefficient (Wildman–Crippen LogP) is 4.25. The molecule has 4 nitrogen and oxygen atoms in total. The van der Waals surface area contributed by atoms with E-state index >= 15 is 0 Å². The van der Waals surface area contributed by atoms with Gasteiger partial charge in [0.2, 0.25) is 0 Å². The molecular weight excluding hydrogens is 292 g/mol. The fourth-order valence-electron chi connectivity index (χ4n) is 3.55. The average molecular weight is 326 g/mol. The zero-order valence-corrected chi connectivity index (χ0v) is 15.1. The standard InChI is InChI=1S/C19H34O4/c1-19(2,3)23-18(20)14-22-17-11-9-16(10-12-17)21-13-15-7-5-4-6-8-15/h15-17H,4-14H2,1-3H3. The molecule has 0 bridgehead atoms. The lowest BCUT2D eigenvalue weighted by Crippen LogP contribution is -2.31. The lowest BCUT2D eigenvalue weighted by Gasteiger charge is -2.30. The quantitative estimate of drug-likeness (QED) is 0.684. The number of ether oxygens (including phenoxy) is 3. The number of carbonyl (C=O) groups excluding carboxylic acids is 1. The van der Waals surface area contributed by atoms with Crippen molar-refractivity contribution in [2.75, 3.05) is 13.2 Å². The molecule has 2 aliphatic carbocycles. The molecule has 0 aliphatic heterocycles. The van der Waals surface area contributed by atoms with Crippen LogP contribution in [0.5, 0.6) is 0 Å². The second kappa shape index (κ2) is 9.03. The van der Waals surface area contributed by atoms with E-state index in [1.165, 1.54) is 32.1 Å². The van der Waals surface area contributed by atoms with Gasteiger partial charge in [0, 0.05) is 6.61 Å². The van der Waals surface area contributed by atoms with Crippen LogP contribution in [-0.4, -0.2) is 37.0 Å². The molecule has 134 valence electrons. The summed E-state index contributed by atoms with van der Waals surface area (Å²) in [5, 5.41) is 0. The number of rotatable bonds is 6. The number of hydrogen-bond donors (Lipinski definition) is 0. The van der Waals surface area contributed by atoms with Crippen molar-refractivity contribution in [1.82, 2.24) is 0 Å². The highest BCUT2D eigenvalue weighted by molar-refractivity contribution is 5.71. The Morgan fingerprint density at radius 3 is 2.00 bits per heavy atom. The highest BCUT2D eigenvalue weighted by Crippen LogP contribution is 2.27.